The zero-order valence-electron chi connectivity index (χ0n) is 8.79. The first-order valence-corrected chi connectivity index (χ1v) is 4.53. The fraction of sp³-hybridized carbons (Fsp3) is 0.545. The summed E-state index contributed by atoms with van der Waals surface area (Å²) in [5.41, 5.74) is 0.0766. The van der Waals surface area contributed by atoms with Crippen molar-refractivity contribution in [3.63, 3.8) is 0 Å². The van der Waals surface area contributed by atoms with E-state index in [9.17, 15) is 4.79 Å². The van der Waals surface area contributed by atoms with Crippen molar-refractivity contribution < 1.29 is 9.90 Å². The fourth-order valence-corrected chi connectivity index (χ4v) is 1.05. The average molecular weight is 182 g/mol. The van der Waals surface area contributed by atoms with Gasteiger partial charge < -0.3 is 5.11 Å². The first-order valence-electron chi connectivity index (χ1n) is 4.53. The largest absolute Gasteiger partial charge is 0.481 e. The molecular weight excluding hydrogens is 164 g/mol. The molecule has 0 bridgehead atoms. The summed E-state index contributed by atoms with van der Waals surface area (Å²) >= 11 is 0. The molecule has 0 atom stereocenters. The molecule has 74 valence electrons. The van der Waals surface area contributed by atoms with E-state index in [-0.39, 0.29) is 0 Å². The van der Waals surface area contributed by atoms with Crippen molar-refractivity contribution in [1.29, 1.82) is 0 Å². The van der Waals surface area contributed by atoms with Crippen LogP contribution < -0.4 is 0 Å². The number of carbonyl (C=O) groups is 1. The Labute approximate surface area is 80.0 Å². The van der Waals surface area contributed by atoms with Crippen molar-refractivity contribution in [2.24, 2.45) is 5.41 Å². The Morgan fingerprint density at radius 1 is 1.46 bits per heavy atom. The summed E-state index contributed by atoms with van der Waals surface area (Å²) in [6.45, 7) is 7.33. The Balaban J connectivity index is 4.94. The second-order valence-corrected chi connectivity index (χ2v) is 3.50. The van der Waals surface area contributed by atoms with Gasteiger partial charge in [-0.15, -0.1) is 0 Å². The lowest BCUT2D eigenvalue weighted by atomic mass is 9.83. The molecule has 0 aliphatic rings. The minimum absolute atomic E-state index is 0.787. The molecule has 0 rings (SSSR count). The molecule has 2 heteroatoms. The fourth-order valence-electron chi connectivity index (χ4n) is 1.05. The Morgan fingerprint density at radius 2 is 2.00 bits per heavy atom. The van der Waals surface area contributed by atoms with Gasteiger partial charge in [0.05, 0.1) is 5.41 Å². The molecule has 0 fully saturated rings. The highest BCUT2D eigenvalue weighted by Crippen LogP contribution is 2.27. The van der Waals surface area contributed by atoms with Crippen LogP contribution in [0.1, 0.15) is 34.1 Å². The molecule has 0 radical (unpaired) electrons. The van der Waals surface area contributed by atoms with E-state index < -0.39 is 11.4 Å². The standard InChI is InChI=1S/C11H18O2/c1-5-7-9(8-6-2)11(3,4)10(12)13/h5,7-8H,6H2,1-4H3,(H,12,13)/b7-5-,9-8+. The van der Waals surface area contributed by atoms with Gasteiger partial charge in [0.15, 0.2) is 0 Å². The summed E-state index contributed by atoms with van der Waals surface area (Å²) in [4.78, 5) is 10.9. The van der Waals surface area contributed by atoms with Gasteiger partial charge in [-0.3, -0.25) is 4.79 Å². The third kappa shape index (κ3) is 3.05. The zero-order valence-corrected chi connectivity index (χ0v) is 8.79. The Morgan fingerprint density at radius 3 is 2.31 bits per heavy atom. The SMILES string of the molecule is C/C=C\C(=C/CC)C(C)(C)C(=O)O. The topological polar surface area (TPSA) is 37.3 Å². The summed E-state index contributed by atoms with van der Waals surface area (Å²) in [6.07, 6.45) is 6.54. The minimum Gasteiger partial charge on any atom is -0.481 e. The first-order chi connectivity index (χ1) is 5.96. The highest BCUT2D eigenvalue weighted by atomic mass is 16.4. The number of aliphatic carboxylic acids is 1. The second kappa shape index (κ2) is 4.85. The van der Waals surface area contributed by atoms with E-state index in [4.69, 9.17) is 5.11 Å². The molecule has 0 unspecified atom stereocenters. The highest BCUT2D eigenvalue weighted by molar-refractivity contribution is 5.78. The Hall–Kier alpha value is -1.05. The molecule has 0 saturated heterocycles. The van der Waals surface area contributed by atoms with Crippen molar-refractivity contribution in [1.82, 2.24) is 0 Å². The molecule has 2 nitrogen and oxygen atoms in total. The van der Waals surface area contributed by atoms with Gasteiger partial charge >= 0.3 is 5.97 Å². The van der Waals surface area contributed by atoms with Crippen LogP contribution in [0.5, 0.6) is 0 Å². The van der Waals surface area contributed by atoms with E-state index in [0.717, 1.165) is 12.0 Å². The maximum absolute atomic E-state index is 10.9. The van der Waals surface area contributed by atoms with Crippen LogP contribution in [0.2, 0.25) is 0 Å². The Kier molecular flexibility index (Phi) is 4.46. The van der Waals surface area contributed by atoms with Crippen molar-refractivity contribution in [3.05, 3.63) is 23.8 Å². The quantitative estimate of drug-likeness (QED) is 0.678. The predicted octanol–water partition coefficient (Wildman–Crippen LogP) is 3.01. The Bertz CT molecular complexity index is 234. The number of carboxylic acid groups (broad SMARTS) is 1. The lowest BCUT2D eigenvalue weighted by molar-refractivity contribution is -0.144. The first kappa shape index (κ1) is 11.9. The lowest BCUT2D eigenvalue weighted by Gasteiger charge is -2.20. The molecule has 0 saturated carbocycles. The molecule has 0 spiro atoms. The molecule has 0 amide bonds. The van der Waals surface area contributed by atoms with Gasteiger partial charge in [0.1, 0.15) is 0 Å². The molecular formula is C11H18O2. The number of carboxylic acids is 1. The zero-order chi connectivity index (χ0) is 10.5. The molecule has 0 aromatic heterocycles. The van der Waals surface area contributed by atoms with Crippen molar-refractivity contribution in [2.75, 3.05) is 0 Å². The lowest BCUT2D eigenvalue weighted by Crippen LogP contribution is -2.25. The smallest absolute Gasteiger partial charge is 0.313 e. The van der Waals surface area contributed by atoms with Crippen LogP contribution in [0.4, 0.5) is 0 Å². The van der Waals surface area contributed by atoms with Crippen LogP contribution in [-0.2, 0) is 4.79 Å². The van der Waals surface area contributed by atoms with Crippen molar-refractivity contribution in [3.8, 4) is 0 Å². The van der Waals surface area contributed by atoms with Gasteiger partial charge in [-0.05, 0) is 32.8 Å². The second-order valence-electron chi connectivity index (χ2n) is 3.50. The third-order valence-corrected chi connectivity index (χ3v) is 2.03. The highest BCUT2D eigenvalue weighted by Gasteiger charge is 2.29. The maximum Gasteiger partial charge on any atom is 0.313 e. The summed E-state index contributed by atoms with van der Waals surface area (Å²) < 4.78 is 0. The third-order valence-electron chi connectivity index (χ3n) is 2.03. The molecule has 0 aromatic carbocycles. The maximum atomic E-state index is 10.9. The van der Waals surface area contributed by atoms with Gasteiger partial charge in [0.2, 0.25) is 0 Å². The van der Waals surface area contributed by atoms with Crippen molar-refractivity contribution in [2.45, 2.75) is 34.1 Å². The summed E-state index contributed by atoms with van der Waals surface area (Å²) in [7, 11) is 0. The molecule has 0 aliphatic heterocycles. The van der Waals surface area contributed by atoms with Crippen LogP contribution >= 0.6 is 0 Å². The summed E-state index contributed by atoms with van der Waals surface area (Å²) in [5.74, 6) is -0.787. The molecule has 1 N–H and O–H groups in total. The predicted molar refractivity (Wildman–Crippen MR) is 54.6 cm³/mol. The minimum atomic E-state index is -0.789. The molecule has 0 aliphatic carbocycles. The van der Waals surface area contributed by atoms with Crippen LogP contribution in [0.15, 0.2) is 23.8 Å². The van der Waals surface area contributed by atoms with Gasteiger partial charge in [0.25, 0.3) is 0 Å². The number of hydrogen-bond acceptors (Lipinski definition) is 1. The molecule has 13 heavy (non-hydrogen) atoms. The molecule has 0 heterocycles. The van der Waals surface area contributed by atoms with Gasteiger partial charge in [-0.25, -0.2) is 0 Å². The van der Waals surface area contributed by atoms with Crippen molar-refractivity contribution >= 4 is 5.97 Å². The van der Waals surface area contributed by atoms with E-state index in [1.165, 1.54) is 0 Å². The normalized spacial score (nSPS) is 13.7. The van der Waals surface area contributed by atoms with E-state index in [1.807, 2.05) is 32.1 Å². The molecule has 0 aromatic rings. The van der Waals surface area contributed by atoms with Gasteiger partial charge in [-0.1, -0.05) is 25.2 Å². The summed E-state index contributed by atoms with van der Waals surface area (Å²) in [6, 6.07) is 0. The van der Waals surface area contributed by atoms with Gasteiger partial charge in [0, 0.05) is 0 Å². The monoisotopic (exact) mass is 182 g/mol. The van der Waals surface area contributed by atoms with Crippen LogP contribution in [0.3, 0.4) is 0 Å². The number of hydrogen-bond donors (Lipinski definition) is 1. The van der Waals surface area contributed by atoms with E-state index in [0.29, 0.717) is 0 Å². The van der Waals surface area contributed by atoms with Crippen LogP contribution in [-0.4, -0.2) is 11.1 Å². The van der Waals surface area contributed by atoms with Crippen LogP contribution in [0.25, 0.3) is 0 Å². The summed E-state index contributed by atoms with van der Waals surface area (Å²) in [5, 5.41) is 8.99. The number of allylic oxidation sites excluding steroid dienone is 3. The average Bonchev–Trinajstić information content (AvgIpc) is 2.03. The number of rotatable bonds is 4. The van der Waals surface area contributed by atoms with Crippen LogP contribution in [0, 0.1) is 5.41 Å². The van der Waals surface area contributed by atoms with Gasteiger partial charge in [-0.2, -0.15) is 0 Å². The van der Waals surface area contributed by atoms with E-state index >= 15 is 0 Å². The van der Waals surface area contributed by atoms with E-state index in [2.05, 4.69) is 0 Å². The van der Waals surface area contributed by atoms with E-state index in [1.54, 1.807) is 13.8 Å².